The SMILES string of the molecule is CC1(c2ccccc2)c2ccccc2-c2c(-c3ccc(N(c4ccc(-c5cccc(-c6ccccc6)c5)cc4)c4cccc5ccccc45)cc3)cccc21. The zero-order valence-electron chi connectivity index (χ0n) is 30.7. The van der Waals surface area contributed by atoms with E-state index in [0.717, 1.165) is 17.1 Å². The molecule has 0 spiro atoms. The van der Waals surface area contributed by atoms with Crippen LogP contribution in [-0.4, -0.2) is 0 Å². The summed E-state index contributed by atoms with van der Waals surface area (Å²) in [5, 5.41) is 2.43. The maximum atomic E-state index is 2.40. The highest BCUT2D eigenvalue weighted by Crippen LogP contribution is 2.55. The first-order chi connectivity index (χ1) is 27.2. The molecule has 1 heteroatoms. The van der Waals surface area contributed by atoms with Gasteiger partial charge >= 0.3 is 0 Å². The molecule has 0 bridgehead atoms. The summed E-state index contributed by atoms with van der Waals surface area (Å²) >= 11 is 0. The van der Waals surface area contributed by atoms with Gasteiger partial charge in [-0.05, 0) is 110 Å². The first-order valence-electron chi connectivity index (χ1n) is 19.1. The zero-order chi connectivity index (χ0) is 36.8. The van der Waals surface area contributed by atoms with Crippen LogP contribution < -0.4 is 4.90 Å². The van der Waals surface area contributed by atoms with Gasteiger partial charge in [-0.25, -0.2) is 0 Å². The number of rotatable bonds is 7. The fraction of sp³-hybridized carbons (Fsp3) is 0.0370. The van der Waals surface area contributed by atoms with Crippen molar-refractivity contribution in [1.82, 2.24) is 0 Å². The van der Waals surface area contributed by atoms with Crippen molar-refractivity contribution in [1.29, 1.82) is 0 Å². The van der Waals surface area contributed by atoms with Crippen molar-refractivity contribution in [2.75, 3.05) is 4.90 Å². The maximum Gasteiger partial charge on any atom is 0.0540 e. The number of hydrogen-bond acceptors (Lipinski definition) is 1. The lowest BCUT2D eigenvalue weighted by Crippen LogP contribution is -2.22. The molecule has 0 aromatic heterocycles. The average Bonchev–Trinajstić information content (AvgIpc) is 3.54. The Morgan fingerprint density at radius 1 is 0.364 bits per heavy atom. The van der Waals surface area contributed by atoms with E-state index in [1.165, 1.54) is 72.0 Å². The van der Waals surface area contributed by atoms with Gasteiger partial charge in [-0.15, -0.1) is 0 Å². The molecule has 0 saturated carbocycles. The van der Waals surface area contributed by atoms with Crippen LogP contribution in [0.5, 0.6) is 0 Å². The van der Waals surface area contributed by atoms with Crippen LogP contribution in [0.4, 0.5) is 17.1 Å². The number of fused-ring (bicyclic) bond motifs is 4. The minimum absolute atomic E-state index is 0.233. The molecule has 1 nitrogen and oxygen atoms in total. The molecule has 0 N–H and O–H groups in total. The van der Waals surface area contributed by atoms with E-state index in [9.17, 15) is 0 Å². The molecule has 0 fully saturated rings. The van der Waals surface area contributed by atoms with Gasteiger partial charge in [0.1, 0.15) is 0 Å². The summed E-state index contributed by atoms with van der Waals surface area (Å²) in [5.41, 5.74) is 17.1. The largest absolute Gasteiger partial charge is 0.310 e. The van der Waals surface area contributed by atoms with Crippen LogP contribution in [0.25, 0.3) is 55.3 Å². The Bertz CT molecular complexity index is 2800. The Balaban J connectivity index is 1.07. The number of anilines is 3. The van der Waals surface area contributed by atoms with E-state index in [0.29, 0.717) is 0 Å². The summed E-state index contributed by atoms with van der Waals surface area (Å²) < 4.78 is 0. The predicted molar refractivity (Wildman–Crippen MR) is 232 cm³/mol. The minimum atomic E-state index is -0.233. The van der Waals surface area contributed by atoms with E-state index in [1.807, 2.05) is 0 Å². The monoisotopic (exact) mass is 701 g/mol. The highest BCUT2D eigenvalue weighted by molar-refractivity contribution is 5.99. The Morgan fingerprint density at radius 3 is 1.62 bits per heavy atom. The lowest BCUT2D eigenvalue weighted by Gasteiger charge is -2.28. The number of benzene rings is 9. The quantitative estimate of drug-likeness (QED) is 0.160. The number of nitrogens with zero attached hydrogens (tertiary/aromatic N) is 1. The van der Waals surface area contributed by atoms with Gasteiger partial charge in [-0.3, -0.25) is 0 Å². The van der Waals surface area contributed by atoms with Gasteiger partial charge in [0.05, 0.1) is 5.69 Å². The molecule has 1 aliphatic carbocycles. The topological polar surface area (TPSA) is 3.24 Å². The molecule has 10 rings (SSSR count). The van der Waals surface area contributed by atoms with Crippen LogP contribution in [0.2, 0.25) is 0 Å². The third kappa shape index (κ3) is 5.56. The third-order valence-corrected chi connectivity index (χ3v) is 11.6. The molecule has 0 radical (unpaired) electrons. The fourth-order valence-electron chi connectivity index (χ4n) is 8.80. The molecule has 1 aliphatic rings. The van der Waals surface area contributed by atoms with Gasteiger partial charge in [0, 0.05) is 22.2 Å². The second-order valence-corrected chi connectivity index (χ2v) is 14.6. The zero-order valence-corrected chi connectivity index (χ0v) is 30.7. The standard InChI is InChI=1S/C54H39N/c1-54(44-21-6-3-7-22-44)50-26-11-10-24-49(50)53-48(25-14-27-51(53)54)41-31-35-46(36-32-41)55(52-28-13-18-40-17-8-9-23-47(40)52)45-33-29-39(30-34-45)43-20-12-19-42(37-43)38-15-4-2-5-16-38/h2-37H,1H3. The molecule has 0 heterocycles. The summed E-state index contributed by atoms with van der Waals surface area (Å²) in [4.78, 5) is 2.40. The van der Waals surface area contributed by atoms with Gasteiger partial charge < -0.3 is 4.90 Å². The third-order valence-electron chi connectivity index (χ3n) is 11.6. The van der Waals surface area contributed by atoms with Crippen molar-refractivity contribution < 1.29 is 0 Å². The van der Waals surface area contributed by atoms with Gasteiger partial charge in [-0.2, -0.15) is 0 Å². The summed E-state index contributed by atoms with van der Waals surface area (Å²) in [6.07, 6.45) is 0. The van der Waals surface area contributed by atoms with E-state index >= 15 is 0 Å². The lowest BCUT2D eigenvalue weighted by molar-refractivity contribution is 0.714. The summed E-state index contributed by atoms with van der Waals surface area (Å²) in [6.45, 7) is 2.38. The Hall–Kier alpha value is -6.96. The predicted octanol–water partition coefficient (Wildman–Crippen LogP) is 14.6. The molecule has 0 saturated heterocycles. The van der Waals surface area contributed by atoms with Gasteiger partial charge in [0.15, 0.2) is 0 Å². The van der Waals surface area contributed by atoms with E-state index in [4.69, 9.17) is 0 Å². The normalized spacial score (nSPS) is 14.3. The number of hydrogen-bond donors (Lipinski definition) is 0. The van der Waals surface area contributed by atoms with Crippen molar-refractivity contribution in [2.45, 2.75) is 12.3 Å². The minimum Gasteiger partial charge on any atom is -0.310 e. The molecule has 0 aliphatic heterocycles. The summed E-state index contributed by atoms with van der Waals surface area (Å²) in [6, 6.07) is 79.6. The Kier molecular flexibility index (Phi) is 8.00. The van der Waals surface area contributed by atoms with Crippen LogP contribution in [0, 0.1) is 0 Å². The highest BCUT2D eigenvalue weighted by atomic mass is 15.1. The van der Waals surface area contributed by atoms with Crippen molar-refractivity contribution >= 4 is 27.8 Å². The van der Waals surface area contributed by atoms with E-state index in [2.05, 4.69) is 230 Å². The molecule has 1 atom stereocenters. The second kappa shape index (κ2) is 13.5. The highest BCUT2D eigenvalue weighted by Gasteiger charge is 2.41. The molecule has 9 aromatic carbocycles. The lowest BCUT2D eigenvalue weighted by atomic mass is 9.74. The Morgan fingerprint density at radius 2 is 0.873 bits per heavy atom. The Labute approximate surface area is 323 Å². The first kappa shape index (κ1) is 32.7. The van der Waals surface area contributed by atoms with E-state index < -0.39 is 0 Å². The van der Waals surface area contributed by atoms with Gasteiger partial charge in [0.25, 0.3) is 0 Å². The van der Waals surface area contributed by atoms with Crippen LogP contribution >= 0.6 is 0 Å². The van der Waals surface area contributed by atoms with Crippen molar-refractivity contribution in [3.8, 4) is 44.5 Å². The van der Waals surface area contributed by atoms with Gasteiger partial charge in [-0.1, -0.05) is 182 Å². The maximum absolute atomic E-state index is 2.40. The van der Waals surface area contributed by atoms with E-state index in [-0.39, 0.29) is 5.41 Å². The van der Waals surface area contributed by atoms with Crippen molar-refractivity contribution in [2.24, 2.45) is 0 Å². The van der Waals surface area contributed by atoms with Crippen molar-refractivity contribution in [3.63, 3.8) is 0 Å². The molecular weight excluding hydrogens is 663 g/mol. The summed E-state index contributed by atoms with van der Waals surface area (Å²) in [7, 11) is 0. The van der Waals surface area contributed by atoms with E-state index in [1.54, 1.807) is 0 Å². The molecule has 0 amide bonds. The van der Waals surface area contributed by atoms with Crippen LogP contribution in [0.3, 0.4) is 0 Å². The van der Waals surface area contributed by atoms with Crippen molar-refractivity contribution in [3.05, 3.63) is 235 Å². The van der Waals surface area contributed by atoms with Crippen LogP contribution in [-0.2, 0) is 5.41 Å². The fourth-order valence-corrected chi connectivity index (χ4v) is 8.80. The summed E-state index contributed by atoms with van der Waals surface area (Å²) in [5.74, 6) is 0. The van der Waals surface area contributed by atoms with Crippen LogP contribution in [0.1, 0.15) is 23.6 Å². The molecule has 260 valence electrons. The molecule has 55 heavy (non-hydrogen) atoms. The van der Waals surface area contributed by atoms with Gasteiger partial charge in [0.2, 0.25) is 0 Å². The second-order valence-electron chi connectivity index (χ2n) is 14.6. The smallest absolute Gasteiger partial charge is 0.0540 e. The molecule has 1 unspecified atom stereocenters. The molecule has 9 aromatic rings. The molecular formula is C54H39N. The van der Waals surface area contributed by atoms with Crippen LogP contribution in [0.15, 0.2) is 218 Å². The first-order valence-corrected chi connectivity index (χ1v) is 19.1. The average molecular weight is 702 g/mol.